The SMILES string of the molecule is CNC(=O)CN1CCN(C(=O)Cc2ccc(N)cn2)CC1. The lowest BCUT2D eigenvalue weighted by Gasteiger charge is -2.34. The lowest BCUT2D eigenvalue weighted by Crippen LogP contribution is -2.51. The van der Waals surface area contributed by atoms with Crippen molar-refractivity contribution in [3.05, 3.63) is 24.0 Å². The molecule has 1 aromatic rings. The number of carbonyl (C=O) groups is 2. The van der Waals surface area contributed by atoms with Crippen LogP contribution in [0.15, 0.2) is 18.3 Å². The normalized spacial score (nSPS) is 15.8. The highest BCUT2D eigenvalue weighted by Gasteiger charge is 2.22. The van der Waals surface area contributed by atoms with Gasteiger partial charge in [-0.3, -0.25) is 19.5 Å². The van der Waals surface area contributed by atoms with Crippen molar-refractivity contribution in [3.8, 4) is 0 Å². The maximum atomic E-state index is 12.2. The van der Waals surface area contributed by atoms with Crippen LogP contribution < -0.4 is 11.1 Å². The van der Waals surface area contributed by atoms with Crippen molar-refractivity contribution in [1.29, 1.82) is 0 Å². The Balaban J connectivity index is 1.80. The van der Waals surface area contributed by atoms with Crippen LogP contribution in [0.5, 0.6) is 0 Å². The van der Waals surface area contributed by atoms with E-state index >= 15 is 0 Å². The molecular formula is C14H21N5O2. The molecule has 2 heterocycles. The van der Waals surface area contributed by atoms with Gasteiger partial charge in [-0.05, 0) is 12.1 Å². The standard InChI is InChI=1S/C14H21N5O2/c1-16-13(20)10-18-4-6-19(7-5-18)14(21)8-12-3-2-11(15)9-17-12/h2-3,9H,4-8,10,15H2,1H3,(H,16,20). The highest BCUT2D eigenvalue weighted by molar-refractivity contribution is 5.79. The van der Waals surface area contributed by atoms with E-state index in [1.165, 1.54) is 0 Å². The van der Waals surface area contributed by atoms with Crippen molar-refractivity contribution in [1.82, 2.24) is 20.1 Å². The third kappa shape index (κ3) is 4.42. The number of anilines is 1. The first-order valence-electron chi connectivity index (χ1n) is 6.99. The average Bonchev–Trinajstić information content (AvgIpc) is 2.50. The molecule has 0 aliphatic carbocycles. The minimum Gasteiger partial charge on any atom is -0.397 e. The van der Waals surface area contributed by atoms with Gasteiger partial charge in [-0.2, -0.15) is 0 Å². The highest BCUT2D eigenvalue weighted by atomic mass is 16.2. The van der Waals surface area contributed by atoms with Crippen molar-refractivity contribution in [2.24, 2.45) is 0 Å². The number of pyridine rings is 1. The summed E-state index contributed by atoms with van der Waals surface area (Å²) in [6.45, 7) is 3.11. The maximum absolute atomic E-state index is 12.2. The third-order valence-electron chi connectivity index (χ3n) is 3.55. The van der Waals surface area contributed by atoms with E-state index in [-0.39, 0.29) is 18.2 Å². The molecule has 1 aliphatic rings. The number of aromatic nitrogens is 1. The Morgan fingerprint density at radius 2 is 2.00 bits per heavy atom. The lowest BCUT2D eigenvalue weighted by molar-refractivity contribution is -0.132. The molecular weight excluding hydrogens is 270 g/mol. The summed E-state index contributed by atoms with van der Waals surface area (Å²) in [5, 5.41) is 2.60. The van der Waals surface area contributed by atoms with Crippen molar-refractivity contribution < 1.29 is 9.59 Å². The lowest BCUT2D eigenvalue weighted by atomic mass is 10.2. The Labute approximate surface area is 124 Å². The second-order valence-corrected chi connectivity index (χ2v) is 5.09. The van der Waals surface area contributed by atoms with E-state index in [9.17, 15) is 9.59 Å². The number of nitrogens with two attached hydrogens (primary N) is 1. The summed E-state index contributed by atoms with van der Waals surface area (Å²) in [7, 11) is 1.63. The molecule has 1 aliphatic heterocycles. The summed E-state index contributed by atoms with van der Waals surface area (Å²) in [6.07, 6.45) is 1.85. The number of rotatable bonds is 4. The summed E-state index contributed by atoms with van der Waals surface area (Å²) in [6, 6.07) is 3.52. The number of hydrogen-bond acceptors (Lipinski definition) is 5. The Kier molecular flexibility index (Phi) is 5.10. The monoisotopic (exact) mass is 291 g/mol. The number of hydrogen-bond donors (Lipinski definition) is 2. The fourth-order valence-electron chi connectivity index (χ4n) is 2.24. The second-order valence-electron chi connectivity index (χ2n) is 5.09. The van der Waals surface area contributed by atoms with E-state index in [1.54, 1.807) is 25.4 Å². The molecule has 7 heteroatoms. The molecule has 0 unspecified atom stereocenters. The van der Waals surface area contributed by atoms with Gasteiger partial charge in [0.25, 0.3) is 0 Å². The van der Waals surface area contributed by atoms with Gasteiger partial charge in [-0.25, -0.2) is 0 Å². The minimum absolute atomic E-state index is 0.000788. The largest absolute Gasteiger partial charge is 0.397 e. The fraction of sp³-hybridized carbons (Fsp3) is 0.500. The summed E-state index contributed by atoms with van der Waals surface area (Å²) >= 11 is 0. The van der Waals surface area contributed by atoms with Crippen LogP contribution in [-0.2, 0) is 16.0 Å². The first-order valence-corrected chi connectivity index (χ1v) is 6.99. The molecule has 2 rings (SSSR count). The second kappa shape index (κ2) is 7.03. The van der Waals surface area contributed by atoms with E-state index in [0.29, 0.717) is 38.4 Å². The first-order chi connectivity index (χ1) is 10.1. The van der Waals surface area contributed by atoms with Crippen LogP contribution in [0.3, 0.4) is 0 Å². The van der Waals surface area contributed by atoms with Crippen molar-refractivity contribution in [2.45, 2.75) is 6.42 Å². The highest BCUT2D eigenvalue weighted by Crippen LogP contribution is 2.07. The van der Waals surface area contributed by atoms with E-state index in [1.807, 2.05) is 9.80 Å². The zero-order chi connectivity index (χ0) is 15.2. The Hall–Kier alpha value is -2.15. The molecule has 3 N–H and O–H groups in total. The number of piperazine rings is 1. The van der Waals surface area contributed by atoms with Gasteiger partial charge in [-0.1, -0.05) is 0 Å². The van der Waals surface area contributed by atoms with Crippen LogP contribution in [0.2, 0.25) is 0 Å². The van der Waals surface area contributed by atoms with Crippen molar-refractivity contribution in [2.75, 3.05) is 45.5 Å². The molecule has 21 heavy (non-hydrogen) atoms. The fourth-order valence-corrected chi connectivity index (χ4v) is 2.24. The topological polar surface area (TPSA) is 91.6 Å². The quantitative estimate of drug-likeness (QED) is 0.750. The summed E-state index contributed by atoms with van der Waals surface area (Å²) < 4.78 is 0. The van der Waals surface area contributed by atoms with Crippen LogP contribution in [-0.4, -0.2) is 66.4 Å². The van der Waals surface area contributed by atoms with Crippen molar-refractivity contribution in [3.63, 3.8) is 0 Å². The van der Waals surface area contributed by atoms with Gasteiger partial charge in [0.2, 0.25) is 11.8 Å². The third-order valence-corrected chi connectivity index (χ3v) is 3.55. The molecule has 2 amide bonds. The molecule has 1 fully saturated rings. The zero-order valence-electron chi connectivity index (χ0n) is 12.2. The summed E-state index contributed by atoms with van der Waals surface area (Å²) in [5.41, 5.74) is 6.89. The molecule has 0 bridgehead atoms. The maximum Gasteiger partial charge on any atom is 0.233 e. The van der Waals surface area contributed by atoms with E-state index < -0.39 is 0 Å². The number of carbonyl (C=O) groups excluding carboxylic acids is 2. The molecule has 0 spiro atoms. The van der Waals surface area contributed by atoms with Gasteiger partial charge in [0, 0.05) is 38.9 Å². The van der Waals surface area contributed by atoms with Gasteiger partial charge >= 0.3 is 0 Å². The van der Waals surface area contributed by atoms with Crippen LogP contribution in [0.4, 0.5) is 5.69 Å². The number of nitrogens with one attached hydrogen (secondary N) is 1. The van der Waals surface area contributed by atoms with Gasteiger partial charge < -0.3 is 16.0 Å². The first kappa shape index (κ1) is 15.2. The van der Waals surface area contributed by atoms with Crippen LogP contribution in [0.1, 0.15) is 5.69 Å². The molecule has 114 valence electrons. The van der Waals surface area contributed by atoms with Crippen LogP contribution in [0, 0.1) is 0 Å². The molecule has 1 saturated heterocycles. The predicted molar refractivity (Wildman–Crippen MR) is 79.4 cm³/mol. The molecule has 0 radical (unpaired) electrons. The molecule has 0 aromatic carbocycles. The van der Waals surface area contributed by atoms with Gasteiger partial charge in [0.15, 0.2) is 0 Å². The number of nitrogens with zero attached hydrogens (tertiary/aromatic N) is 3. The molecule has 1 aromatic heterocycles. The van der Waals surface area contributed by atoms with Gasteiger partial charge in [-0.15, -0.1) is 0 Å². The Morgan fingerprint density at radius 3 is 2.57 bits per heavy atom. The number of nitrogen functional groups attached to an aromatic ring is 1. The molecule has 0 saturated carbocycles. The Morgan fingerprint density at radius 1 is 1.29 bits per heavy atom. The van der Waals surface area contributed by atoms with Crippen molar-refractivity contribution >= 4 is 17.5 Å². The smallest absolute Gasteiger partial charge is 0.233 e. The van der Waals surface area contributed by atoms with Gasteiger partial charge in [0.1, 0.15) is 0 Å². The van der Waals surface area contributed by atoms with Crippen LogP contribution >= 0.6 is 0 Å². The van der Waals surface area contributed by atoms with E-state index in [2.05, 4.69) is 10.3 Å². The number of amides is 2. The Bertz CT molecular complexity index is 495. The van der Waals surface area contributed by atoms with Crippen LogP contribution in [0.25, 0.3) is 0 Å². The minimum atomic E-state index is 0.000788. The predicted octanol–water partition coefficient (Wildman–Crippen LogP) is -0.903. The molecule has 7 nitrogen and oxygen atoms in total. The van der Waals surface area contributed by atoms with Gasteiger partial charge in [0.05, 0.1) is 24.8 Å². The number of likely N-dealkylation sites (N-methyl/N-ethyl adjacent to an activating group) is 1. The van der Waals surface area contributed by atoms with E-state index in [0.717, 1.165) is 5.69 Å². The zero-order valence-corrected chi connectivity index (χ0v) is 12.2. The average molecular weight is 291 g/mol. The summed E-state index contributed by atoms with van der Waals surface area (Å²) in [4.78, 5) is 31.5. The molecule has 0 atom stereocenters. The van der Waals surface area contributed by atoms with E-state index in [4.69, 9.17) is 5.73 Å². The summed E-state index contributed by atoms with van der Waals surface area (Å²) in [5.74, 6) is 0.0627.